The number of alkyl carbamates (subject to hydrolysis) is 1. The van der Waals surface area contributed by atoms with Crippen molar-refractivity contribution in [2.24, 2.45) is 11.8 Å². The number of hydrogen-bond acceptors (Lipinski definition) is 12. The number of benzene rings is 4. The number of aliphatic hydroxyl groups excluding tert-OH is 3. The molecule has 4 rings (SSSR count). The highest BCUT2D eigenvalue weighted by Crippen LogP contribution is 2.28. The van der Waals surface area contributed by atoms with E-state index < -0.39 is 103 Å². The van der Waals surface area contributed by atoms with Gasteiger partial charge >= 0.3 is 18.0 Å². The number of carbonyl (C=O) groups is 6. The van der Waals surface area contributed by atoms with E-state index in [9.17, 15) is 44.1 Å². The molecule has 65 heavy (non-hydrogen) atoms. The number of esters is 2. The summed E-state index contributed by atoms with van der Waals surface area (Å²) in [7, 11) is 0. The van der Waals surface area contributed by atoms with Crippen LogP contribution in [0.3, 0.4) is 0 Å². The van der Waals surface area contributed by atoms with Gasteiger partial charge in [-0.3, -0.25) is 24.0 Å². The predicted molar refractivity (Wildman–Crippen MR) is 239 cm³/mol. The summed E-state index contributed by atoms with van der Waals surface area (Å²) in [6.45, 7) is 7.29. The van der Waals surface area contributed by atoms with Crippen molar-refractivity contribution in [2.75, 3.05) is 6.61 Å². The number of carbonyl (C=O) groups excluding carboxylic acids is 6. The van der Waals surface area contributed by atoms with Gasteiger partial charge in [-0.1, -0.05) is 149 Å². The summed E-state index contributed by atoms with van der Waals surface area (Å²) in [6.07, 6.45) is -8.70. The Balaban J connectivity index is 1.47. The van der Waals surface area contributed by atoms with Crippen molar-refractivity contribution in [3.63, 3.8) is 0 Å². The van der Waals surface area contributed by atoms with Gasteiger partial charge in [0.05, 0.1) is 18.5 Å². The average molecular weight is 897 g/mol. The zero-order valence-electron chi connectivity index (χ0n) is 37.2. The van der Waals surface area contributed by atoms with Crippen molar-refractivity contribution in [1.82, 2.24) is 21.3 Å². The first kappa shape index (κ1) is 51.0. The molecular weight excluding hydrogens is 837 g/mol. The van der Waals surface area contributed by atoms with Gasteiger partial charge in [-0.15, -0.1) is 0 Å². The lowest BCUT2D eigenvalue weighted by molar-refractivity contribution is -0.152. The van der Waals surface area contributed by atoms with Crippen LogP contribution >= 0.6 is 0 Å². The van der Waals surface area contributed by atoms with Gasteiger partial charge < -0.3 is 50.8 Å². The molecule has 4 aromatic rings. The molecule has 0 aliphatic rings. The average Bonchev–Trinajstić information content (AvgIpc) is 3.30. The number of hydrogen-bond donors (Lipinski definition) is 7. The number of ether oxygens (including phenoxy) is 3. The fourth-order valence-electron chi connectivity index (χ4n) is 6.81. The van der Waals surface area contributed by atoms with Gasteiger partial charge in [0.1, 0.15) is 37.5 Å². The van der Waals surface area contributed by atoms with Gasteiger partial charge in [0.25, 0.3) is 5.91 Å². The lowest BCUT2D eigenvalue weighted by atomic mass is 9.97. The minimum atomic E-state index is -2.34. The molecule has 4 amide bonds. The van der Waals surface area contributed by atoms with Crippen LogP contribution in [0, 0.1) is 11.8 Å². The molecule has 7 N–H and O–H groups in total. The first-order valence-electron chi connectivity index (χ1n) is 21.4. The zero-order chi connectivity index (χ0) is 47.5. The lowest BCUT2D eigenvalue weighted by Crippen LogP contribution is -2.61. The maximum absolute atomic E-state index is 13.9. The second-order valence-corrected chi connectivity index (χ2v) is 16.3. The molecule has 7 atom stereocenters. The van der Waals surface area contributed by atoms with E-state index in [1.54, 1.807) is 82.3 Å². The third kappa shape index (κ3) is 16.5. The highest BCUT2D eigenvalue weighted by molar-refractivity contribution is 5.91. The molecule has 16 heteroatoms. The van der Waals surface area contributed by atoms with E-state index in [2.05, 4.69) is 21.3 Å². The molecule has 0 aromatic heterocycles. The van der Waals surface area contributed by atoms with Crippen molar-refractivity contribution in [3.8, 4) is 0 Å². The van der Waals surface area contributed by atoms with Crippen LogP contribution in [0.25, 0.3) is 0 Å². The highest BCUT2D eigenvalue weighted by Gasteiger charge is 2.39. The van der Waals surface area contributed by atoms with E-state index in [-0.39, 0.29) is 18.9 Å². The topological polar surface area (TPSA) is 239 Å². The Hall–Kier alpha value is -6.62. The normalized spacial score (nSPS) is 14.4. The van der Waals surface area contributed by atoms with Crippen LogP contribution in [0.1, 0.15) is 81.9 Å². The molecule has 348 valence electrons. The van der Waals surface area contributed by atoms with E-state index in [0.717, 1.165) is 12.5 Å². The molecule has 0 saturated carbocycles. The Morgan fingerprint density at radius 2 is 1.11 bits per heavy atom. The Morgan fingerprint density at radius 1 is 0.585 bits per heavy atom. The quantitative estimate of drug-likeness (QED) is 0.0410. The van der Waals surface area contributed by atoms with E-state index >= 15 is 0 Å². The summed E-state index contributed by atoms with van der Waals surface area (Å²) in [5.74, 6) is -4.88. The van der Waals surface area contributed by atoms with Crippen molar-refractivity contribution in [3.05, 3.63) is 144 Å². The zero-order valence-corrected chi connectivity index (χ0v) is 37.2. The minimum Gasteiger partial charge on any atom is -0.464 e. The summed E-state index contributed by atoms with van der Waals surface area (Å²) in [6, 6.07) is 30.4. The maximum atomic E-state index is 13.9. The Morgan fingerprint density at radius 3 is 1.62 bits per heavy atom. The molecule has 4 aromatic carbocycles. The Kier molecular flexibility index (Phi) is 20.1. The number of amides is 4. The summed E-state index contributed by atoms with van der Waals surface area (Å²) in [4.78, 5) is 79.4. The van der Waals surface area contributed by atoms with Gasteiger partial charge in [-0.05, 0) is 40.5 Å². The molecule has 0 radical (unpaired) electrons. The molecule has 1 unspecified atom stereocenters. The third-order valence-electron chi connectivity index (χ3n) is 10.3. The third-order valence-corrected chi connectivity index (χ3v) is 10.3. The summed E-state index contributed by atoms with van der Waals surface area (Å²) < 4.78 is 16.4. The largest absolute Gasteiger partial charge is 0.464 e. The van der Waals surface area contributed by atoms with E-state index in [0.29, 0.717) is 16.7 Å². The van der Waals surface area contributed by atoms with E-state index in [4.69, 9.17) is 14.2 Å². The second-order valence-electron chi connectivity index (χ2n) is 16.3. The van der Waals surface area contributed by atoms with Gasteiger partial charge in [-0.25, -0.2) is 4.79 Å². The van der Waals surface area contributed by atoms with Crippen LogP contribution in [0.4, 0.5) is 4.79 Å². The molecule has 0 heterocycles. The van der Waals surface area contributed by atoms with Crippen molar-refractivity contribution < 1.29 is 58.3 Å². The van der Waals surface area contributed by atoms with Crippen LogP contribution in [0.15, 0.2) is 121 Å². The van der Waals surface area contributed by atoms with Crippen LogP contribution < -0.4 is 21.3 Å². The van der Waals surface area contributed by atoms with Gasteiger partial charge in [0.15, 0.2) is 12.2 Å². The molecule has 0 aliphatic heterocycles. The van der Waals surface area contributed by atoms with Crippen molar-refractivity contribution >= 4 is 35.8 Å². The Labute approximate surface area is 379 Å². The molecule has 0 saturated heterocycles. The van der Waals surface area contributed by atoms with E-state index in [1.165, 1.54) is 0 Å². The fraction of sp³-hybridized carbons (Fsp3) is 0.388. The van der Waals surface area contributed by atoms with Crippen LogP contribution in [-0.2, 0) is 44.8 Å². The molecule has 0 fully saturated rings. The van der Waals surface area contributed by atoms with Crippen molar-refractivity contribution in [1.29, 1.82) is 0 Å². The highest BCUT2D eigenvalue weighted by atomic mass is 16.6. The minimum absolute atomic E-state index is 0.0429. The van der Waals surface area contributed by atoms with E-state index in [1.807, 2.05) is 66.7 Å². The number of rotatable bonds is 23. The van der Waals surface area contributed by atoms with Crippen molar-refractivity contribution in [2.45, 2.75) is 103 Å². The molecular formula is C49H60N4O12. The SMILES string of the molecule is CC(=O)OCC(NC(=O)[C@H](CC(C)C)NC(=O)[C@@H](NC(=O)OCc1ccccc1)C(C)C)[C@@H](O)[C@@H](O)[C@H](O)C(=O)N[C@@H](CC(=O)OC(c1ccccc1)c1ccccc1)c1ccccc1. The van der Waals surface area contributed by atoms with Gasteiger partial charge in [0, 0.05) is 6.92 Å². The van der Waals surface area contributed by atoms with Gasteiger partial charge in [0.2, 0.25) is 11.8 Å². The molecule has 0 spiro atoms. The summed E-state index contributed by atoms with van der Waals surface area (Å²) in [5, 5.41) is 44.0. The summed E-state index contributed by atoms with van der Waals surface area (Å²) in [5.41, 5.74) is 2.62. The molecule has 0 bridgehead atoms. The summed E-state index contributed by atoms with van der Waals surface area (Å²) >= 11 is 0. The standard InChI is InChI=1S/C49H60N4O12/c1-30(2)26-38(51-47(60)41(31(3)4)53-49(62)64-28-33-18-10-6-11-19-33)46(59)52-39(29-63-32(5)54)42(56)43(57)44(58)48(61)50-37(34-20-12-7-13-21-34)27-40(55)65-45(35-22-14-8-15-23-35)36-24-16-9-17-25-36/h6-25,30-31,37-39,41-45,56-58H,26-29H2,1-5H3,(H,50,61)(H,51,60)(H,52,59)(H,53,62)/t37-,38-,39?,41-,42+,43+,44-/m0/s1. The second kappa shape index (κ2) is 25.6. The van der Waals surface area contributed by atoms with Crippen LogP contribution in [0.5, 0.6) is 0 Å². The smallest absolute Gasteiger partial charge is 0.408 e. The lowest BCUT2D eigenvalue weighted by Gasteiger charge is -2.32. The van der Waals surface area contributed by atoms with Crippen LogP contribution in [0.2, 0.25) is 0 Å². The predicted octanol–water partition coefficient (Wildman–Crippen LogP) is 4.18. The first-order chi connectivity index (χ1) is 31.0. The van der Waals surface area contributed by atoms with Crippen LogP contribution in [-0.4, -0.2) is 94.1 Å². The van der Waals surface area contributed by atoms with Gasteiger partial charge in [-0.2, -0.15) is 0 Å². The molecule has 0 aliphatic carbocycles. The number of aliphatic hydroxyl groups is 3. The Bertz CT molecular complexity index is 2090. The monoisotopic (exact) mass is 896 g/mol. The fourth-order valence-corrected chi connectivity index (χ4v) is 6.81. The first-order valence-corrected chi connectivity index (χ1v) is 21.4. The number of nitrogens with one attached hydrogen (secondary N) is 4. The molecule has 16 nitrogen and oxygen atoms in total. The maximum Gasteiger partial charge on any atom is 0.408 e.